The van der Waals surface area contributed by atoms with Crippen molar-refractivity contribution < 1.29 is 18.7 Å². The van der Waals surface area contributed by atoms with Crippen LogP contribution < -0.4 is 10.1 Å². The molecular formula is C31H32FN5O3. The zero-order valence-electron chi connectivity index (χ0n) is 22.4. The van der Waals surface area contributed by atoms with Crippen LogP contribution in [0.1, 0.15) is 65.5 Å². The summed E-state index contributed by atoms with van der Waals surface area (Å²) in [6.07, 6.45) is 3.81. The van der Waals surface area contributed by atoms with Gasteiger partial charge in [-0.2, -0.15) is 0 Å². The monoisotopic (exact) mass is 541 g/mol. The minimum atomic E-state index is -1.28. The highest BCUT2D eigenvalue weighted by atomic mass is 19.1. The van der Waals surface area contributed by atoms with Crippen LogP contribution >= 0.6 is 0 Å². The lowest BCUT2D eigenvalue weighted by Gasteiger charge is -2.22. The van der Waals surface area contributed by atoms with Crippen LogP contribution in [0.15, 0.2) is 66.9 Å². The van der Waals surface area contributed by atoms with Gasteiger partial charge in [0.05, 0.1) is 12.6 Å². The number of benzene rings is 2. The summed E-state index contributed by atoms with van der Waals surface area (Å²) in [5.41, 5.74) is 3.89. The molecule has 1 amide bonds. The van der Waals surface area contributed by atoms with E-state index in [2.05, 4.69) is 20.4 Å². The number of nitrogens with one attached hydrogen (secondary N) is 1. The predicted octanol–water partition coefficient (Wildman–Crippen LogP) is 6.10. The topological polar surface area (TPSA) is 91.2 Å². The summed E-state index contributed by atoms with van der Waals surface area (Å²) in [5, 5.41) is 7.14. The molecule has 0 saturated carbocycles. The molecule has 0 aliphatic carbocycles. The minimum absolute atomic E-state index is 0.0819. The van der Waals surface area contributed by atoms with Gasteiger partial charge in [-0.15, -0.1) is 5.10 Å². The molecule has 0 radical (unpaired) electrons. The van der Waals surface area contributed by atoms with E-state index < -0.39 is 12.1 Å². The molecule has 8 nitrogen and oxygen atoms in total. The molecule has 206 valence electrons. The lowest BCUT2D eigenvalue weighted by Crippen LogP contribution is -2.17. The number of carbonyl (C=O) groups is 1. The van der Waals surface area contributed by atoms with Crippen molar-refractivity contribution in [2.24, 2.45) is 5.92 Å². The molecule has 1 N–H and O–H groups in total. The summed E-state index contributed by atoms with van der Waals surface area (Å²) in [5.74, 6) is 1.37. The molecule has 2 aromatic carbocycles. The Balaban J connectivity index is 1.15. The first-order valence-corrected chi connectivity index (χ1v) is 13.8. The first-order valence-electron chi connectivity index (χ1n) is 13.8. The van der Waals surface area contributed by atoms with Crippen molar-refractivity contribution in [3.05, 3.63) is 89.6 Å². The normalized spacial score (nSPS) is 18.9. The van der Waals surface area contributed by atoms with Crippen LogP contribution in [-0.4, -0.2) is 45.5 Å². The molecule has 4 heterocycles. The van der Waals surface area contributed by atoms with E-state index in [9.17, 15) is 9.18 Å². The van der Waals surface area contributed by atoms with Crippen molar-refractivity contribution in [2.75, 3.05) is 25.1 Å². The second kappa shape index (κ2) is 11.6. The molecule has 6 rings (SSSR count). The molecule has 2 aliphatic heterocycles. The number of aromatic nitrogens is 4. The number of ether oxygens (including phenoxy) is 2. The third kappa shape index (κ3) is 5.60. The van der Waals surface area contributed by atoms with Crippen LogP contribution in [0, 0.1) is 12.8 Å². The third-order valence-electron chi connectivity index (χ3n) is 7.71. The number of amides is 1. The second-order valence-electron chi connectivity index (χ2n) is 10.4. The number of anilines is 1. The Hall–Kier alpha value is -4.11. The van der Waals surface area contributed by atoms with Gasteiger partial charge in [-0.05, 0) is 78.6 Å². The van der Waals surface area contributed by atoms with Crippen molar-refractivity contribution in [3.8, 4) is 16.9 Å². The number of hydrogen-bond acceptors (Lipinski definition) is 6. The highest BCUT2D eigenvalue weighted by molar-refractivity contribution is 6.01. The average molecular weight is 542 g/mol. The zero-order valence-corrected chi connectivity index (χ0v) is 22.4. The van der Waals surface area contributed by atoms with Crippen molar-refractivity contribution >= 4 is 11.7 Å². The van der Waals surface area contributed by atoms with Crippen LogP contribution in [0.4, 0.5) is 10.2 Å². The first-order chi connectivity index (χ1) is 19.5. The quantitative estimate of drug-likeness (QED) is 0.290. The Morgan fingerprint density at radius 3 is 2.77 bits per heavy atom. The fourth-order valence-electron chi connectivity index (χ4n) is 5.45. The SMILES string of the molecule is Cc1ccc(OCCC2CCOCC2)cc1-c1ccnc(NC(=O)c2nc3n(n2)[C@@H](c2ccccc2)C[C@H]3F)c1. The standard InChI is InChI=1S/C31H32FN5O3/c1-20-7-8-24(40-16-12-21-10-14-39-15-11-21)18-25(20)23-9-13-33-28(17-23)34-31(38)29-35-30-26(32)19-27(37(30)36-29)22-5-3-2-4-6-22/h2-9,13,17-18,21,26-27H,10-12,14-16,19H2,1H3,(H,33,34,38)/t26-,27-/m1/s1. The van der Waals surface area contributed by atoms with Crippen LogP contribution in [-0.2, 0) is 4.74 Å². The summed E-state index contributed by atoms with van der Waals surface area (Å²) in [7, 11) is 0. The fourth-order valence-corrected chi connectivity index (χ4v) is 5.45. The molecule has 9 heteroatoms. The van der Waals surface area contributed by atoms with Gasteiger partial charge in [0.2, 0.25) is 5.82 Å². The fraction of sp³-hybridized carbons (Fsp3) is 0.355. The number of hydrogen-bond donors (Lipinski definition) is 1. The average Bonchev–Trinajstić information content (AvgIpc) is 3.56. The molecule has 0 unspecified atom stereocenters. The van der Waals surface area contributed by atoms with E-state index in [1.54, 1.807) is 12.3 Å². The molecule has 4 aromatic rings. The van der Waals surface area contributed by atoms with Crippen molar-refractivity contribution in [3.63, 3.8) is 0 Å². The van der Waals surface area contributed by atoms with Crippen LogP contribution in [0.25, 0.3) is 11.1 Å². The highest BCUT2D eigenvalue weighted by Crippen LogP contribution is 2.39. The molecule has 2 aromatic heterocycles. The van der Waals surface area contributed by atoms with Crippen LogP contribution in [0.3, 0.4) is 0 Å². The van der Waals surface area contributed by atoms with Gasteiger partial charge in [0.1, 0.15) is 11.6 Å². The molecule has 1 saturated heterocycles. The Morgan fingerprint density at radius 1 is 1.12 bits per heavy atom. The van der Waals surface area contributed by atoms with Gasteiger partial charge < -0.3 is 14.8 Å². The molecule has 1 fully saturated rings. The van der Waals surface area contributed by atoms with E-state index in [0.717, 1.165) is 60.5 Å². The molecule has 2 aliphatic rings. The summed E-state index contributed by atoms with van der Waals surface area (Å²) >= 11 is 0. The Kier molecular flexibility index (Phi) is 7.55. The number of alkyl halides is 1. The Bertz CT molecular complexity index is 1490. The molecule has 2 atom stereocenters. The van der Waals surface area contributed by atoms with E-state index in [1.807, 2.05) is 61.5 Å². The molecular weight excluding hydrogens is 509 g/mol. The van der Waals surface area contributed by atoms with Gasteiger partial charge in [-0.25, -0.2) is 19.0 Å². The van der Waals surface area contributed by atoms with Crippen LogP contribution in [0.5, 0.6) is 5.75 Å². The van der Waals surface area contributed by atoms with Gasteiger partial charge >= 0.3 is 0 Å². The maximum Gasteiger partial charge on any atom is 0.296 e. The number of pyridine rings is 1. The number of rotatable bonds is 8. The highest BCUT2D eigenvalue weighted by Gasteiger charge is 2.36. The molecule has 0 spiro atoms. The smallest absolute Gasteiger partial charge is 0.296 e. The minimum Gasteiger partial charge on any atom is -0.494 e. The van der Waals surface area contributed by atoms with Crippen LogP contribution in [0.2, 0.25) is 0 Å². The second-order valence-corrected chi connectivity index (χ2v) is 10.4. The Labute approximate surface area is 232 Å². The summed E-state index contributed by atoms with van der Waals surface area (Å²) < 4.78 is 27.8. The van der Waals surface area contributed by atoms with Crippen molar-refractivity contribution in [2.45, 2.75) is 44.8 Å². The largest absolute Gasteiger partial charge is 0.494 e. The number of aryl methyl sites for hydroxylation is 1. The van der Waals surface area contributed by atoms with Gasteiger partial charge in [-0.3, -0.25) is 4.79 Å². The van der Waals surface area contributed by atoms with Gasteiger partial charge in [0, 0.05) is 25.8 Å². The Morgan fingerprint density at radius 2 is 1.95 bits per heavy atom. The number of fused-ring (bicyclic) bond motifs is 1. The lowest BCUT2D eigenvalue weighted by atomic mass is 9.97. The summed E-state index contributed by atoms with van der Waals surface area (Å²) in [4.78, 5) is 21.6. The predicted molar refractivity (Wildman–Crippen MR) is 149 cm³/mol. The van der Waals surface area contributed by atoms with E-state index >= 15 is 0 Å². The van der Waals surface area contributed by atoms with Gasteiger partial charge in [0.15, 0.2) is 12.0 Å². The van der Waals surface area contributed by atoms with Crippen molar-refractivity contribution in [1.29, 1.82) is 0 Å². The van der Waals surface area contributed by atoms with Crippen molar-refractivity contribution in [1.82, 2.24) is 19.7 Å². The zero-order chi connectivity index (χ0) is 27.5. The summed E-state index contributed by atoms with van der Waals surface area (Å²) in [6, 6.07) is 19.0. The number of nitrogens with zero attached hydrogens (tertiary/aromatic N) is 4. The number of carbonyl (C=O) groups excluding carboxylic acids is 1. The third-order valence-corrected chi connectivity index (χ3v) is 7.71. The number of halogens is 1. The molecule has 40 heavy (non-hydrogen) atoms. The van der Waals surface area contributed by atoms with Gasteiger partial charge in [-0.1, -0.05) is 36.4 Å². The van der Waals surface area contributed by atoms with E-state index in [0.29, 0.717) is 18.3 Å². The van der Waals surface area contributed by atoms with Gasteiger partial charge in [0.25, 0.3) is 5.91 Å². The van der Waals surface area contributed by atoms with E-state index in [1.165, 1.54) is 4.68 Å². The molecule has 0 bridgehead atoms. The lowest BCUT2D eigenvalue weighted by molar-refractivity contribution is 0.0593. The summed E-state index contributed by atoms with van der Waals surface area (Å²) in [6.45, 7) is 4.37. The first kappa shape index (κ1) is 26.1. The maximum absolute atomic E-state index is 14.8. The maximum atomic E-state index is 14.8. The van der Waals surface area contributed by atoms with E-state index in [4.69, 9.17) is 9.47 Å². The van der Waals surface area contributed by atoms with E-state index in [-0.39, 0.29) is 24.1 Å².